The van der Waals surface area contributed by atoms with Crippen LogP contribution in [0.2, 0.25) is 0 Å². The summed E-state index contributed by atoms with van der Waals surface area (Å²) in [6, 6.07) is 6.79. The summed E-state index contributed by atoms with van der Waals surface area (Å²) in [6.45, 7) is 1.73. The number of aromatic nitrogens is 2. The number of nitriles is 1. The SMILES string of the molecule is CNC(=O)C(C)n1c(N)nc2c(C#N)cccc21. The molecule has 1 unspecified atom stereocenters. The second kappa shape index (κ2) is 4.37. The van der Waals surface area contributed by atoms with Crippen molar-refractivity contribution in [2.45, 2.75) is 13.0 Å². The molecule has 0 saturated carbocycles. The van der Waals surface area contributed by atoms with Crippen LogP contribution in [0.4, 0.5) is 5.95 Å². The van der Waals surface area contributed by atoms with Crippen molar-refractivity contribution in [3.63, 3.8) is 0 Å². The van der Waals surface area contributed by atoms with Gasteiger partial charge in [-0.3, -0.25) is 9.36 Å². The van der Waals surface area contributed by atoms with E-state index in [1.165, 1.54) is 0 Å². The molecule has 92 valence electrons. The van der Waals surface area contributed by atoms with Crippen molar-refractivity contribution in [1.82, 2.24) is 14.9 Å². The molecular formula is C12H13N5O. The molecule has 0 aliphatic rings. The van der Waals surface area contributed by atoms with Crippen LogP contribution in [0.1, 0.15) is 18.5 Å². The third-order valence-electron chi connectivity index (χ3n) is 2.88. The van der Waals surface area contributed by atoms with Crippen molar-refractivity contribution in [3.05, 3.63) is 23.8 Å². The highest BCUT2D eigenvalue weighted by Gasteiger charge is 2.20. The van der Waals surface area contributed by atoms with Crippen LogP contribution in [-0.2, 0) is 4.79 Å². The highest BCUT2D eigenvalue weighted by Crippen LogP contribution is 2.24. The third-order valence-corrected chi connectivity index (χ3v) is 2.88. The van der Waals surface area contributed by atoms with Crippen LogP contribution in [0.5, 0.6) is 0 Å². The number of carbonyl (C=O) groups is 1. The first-order valence-corrected chi connectivity index (χ1v) is 5.48. The van der Waals surface area contributed by atoms with Crippen molar-refractivity contribution in [1.29, 1.82) is 5.26 Å². The van der Waals surface area contributed by atoms with Gasteiger partial charge in [0.05, 0.1) is 11.1 Å². The number of nitrogens with zero attached hydrogens (tertiary/aromatic N) is 3. The minimum atomic E-state index is -0.478. The van der Waals surface area contributed by atoms with Crippen molar-refractivity contribution < 1.29 is 4.79 Å². The van der Waals surface area contributed by atoms with E-state index < -0.39 is 6.04 Å². The molecule has 1 aromatic heterocycles. The van der Waals surface area contributed by atoms with Gasteiger partial charge >= 0.3 is 0 Å². The molecule has 0 spiro atoms. The maximum atomic E-state index is 11.7. The molecule has 0 aliphatic carbocycles. The zero-order valence-electron chi connectivity index (χ0n) is 10.1. The fourth-order valence-electron chi connectivity index (χ4n) is 1.96. The van der Waals surface area contributed by atoms with Crippen LogP contribution in [0.25, 0.3) is 11.0 Å². The van der Waals surface area contributed by atoms with E-state index in [0.29, 0.717) is 16.6 Å². The molecule has 2 rings (SSSR count). The molecule has 1 aromatic carbocycles. The average molecular weight is 243 g/mol. The van der Waals surface area contributed by atoms with Gasteiger partial charge in [-0.1, -0.05) is 6.07 Å². The number of rotatable bonds is 2. The van der Waals surface area contributed by atoms with E-state index in [-0.39, 0.29) is 11.9 Å². The van der Waals surface area contributed by atoms with E-state index in [4.69, 9.17) is 11.0 Å². The topological polar surface area (TPSA) is 96.7 Å². The van der Waals surface area contributed by atoms with Crippen molar-refractivity contribution in [2.75, 3.05) is 12.8 Å². The summed E-state index contributed by atoms with van der Waals surface area (Å²) in [5, 5.41) is 11.6. The predicted molar refractivity (Wildman–Crippen MR) is 67.6 cm³/mol. The minimum Gasteiger partial charge on any atom is -0.369 e. The molecule has 1 atom stereocenters. The van der Waals surface area contributed by atoms with Gasteiger partial charge in [0.25, 0.3) is 0 Å². The Hall–Kier alpha value is -2.55. The Morgan fingerprint density at radius 1 is 1.61 bits per heavy atom. The number of fused-ring (bicyclic) bond motifs is 1. The number of nitrogens with two attached hydrogens (primary N) is 1. The number of hydrogen-bond acceptors (Lipinski definition) is 4. The van der Waals surface area contributed by atoms with E-state index >= 15 is 0 Å². The summed E-state index contributed by atoms with van der Waals surface area (Å²) < 4.78 is 1.62. The van der Waals surface area contributed by atoms with E-state index in [0.717, 1.165) is 0 Å². The van der Waals surface area contributed by atoms with E-state index in [9.17, 15) is 4.79 Å². The normalized spacial score (nSPS) is 12.1. The largest absolute Gasteiger partial charge is 0.369 e. The number of nitrogens with one attached hydrogen (secondary N) is 1. The Balaban J connectivity index is 2.69. The van der Waals surface area contributed by atoms with Gasteiger partial charge in [0, 0.05) is 7.05 Å². The quantitative estimate of drug-likeness (QED) is 0.815. The second-order valence-electron chi connectivity index (χ2n) is 3.92. The van der Waals surface area contributed by atoms with Crippen LogP contribution in [0.3, 0.4) is 0 Å². The van der Waals surface area contributed by atoms with Gasteiger partial charge in [-0.25, -0.2) is 4.98 Å². The number of hydrogen-bond donors (Lipinski definition) is 2. The Morgan fingerprint density at radius 2 is 2.33 bits per heavy atom. The predicted octanol–water partition coefficient (Wildman–Crippen LogP) is 0.797. The lowest BCUT2D eigenvalue weighted by atomic mass is 10.2. The molecule has 2 aromatic rings. The summed E-state index contributed by atoms with van der Waals surface area (Å²) in [4.78, 5) is 15.8. The Morgan fingerprint density at radius 3 is 2.94 bits per heavy atom. The molecule has 6 heteroatoms. The van der Waals surface area contributed by atoms with Crippen molar-refractivity contribution in [2.24, 2.45) is 0 Å². The standard InChI is InChI=1S/C12H13N5O/c1-7(11(18)15-2)17-9-5-3-4-8(6-13)10(9)16-12(17)14/h3-5,7H,1-2H3,(H2,14,16)(H,15,18). The van der Waals surface area contributed by atoms with Gasteiger partial charge in [0.1, 0.15) is 17.6 Å². The van der Waals surface area contributed by atoms with E-state index in [2.05, 4.69) is 16.4 Å². The smallest absolute Gasteiger partial charge is 0.242 e. The average Bonchev–Trinajstić information content (AvgIpc) is 2.72. The monoisotopic (exact) mass is 243 g/mol. The highest BCUT2D eigenvalue weighted by atomic mass is 16.2. The lowest BCUT2D eigenvalue weighted by Gasteiger charge is -2.14. The fraction of sp³-hybridized carbons (Fsp3) is 0.250. The fourth-order valence-corrected chi connectivity index (χ4v) is 1.96. The summed E-state index contributed by atoms with van der Waals surface area (Å²) in [5.41, 5.74) is 7.48. The number of likely N-dealkylation sites (N-methyl/N-ethyl adjacent to an activating group) is 1. The summed E-state index contributed by atoms with van der Waals surface area (Å²) in [6.07, 6.45) is 0. The zero-order chi connectivity index (χ0) is 13.3. The lowest BCUT2D eigenvalue weighted by Crippen LogP contribution is -2.28. The van der Waals surface area contributed by atoms with Gasteiger partial charge in [-0.2, -0.15) is 5.26 Å². The number of benzene rings is 1. The first-order chi connectivity index (χ1) is 8.60. The van der Waals surface area contributed by atoms with Crippen LogP contribution < -0.4 is 11.1 Å². The summed E-state index contributed by atoms with van der Waals surface area (Å²) in [7, 11) is 1.56. The number of para-hydroxylation sites is 1. The number of nitrogen functional groups attached to an aromatic ring is 1. The molecule has 1 heterocycles. The number of anilines is 1. The van der Waals surface area contributed by atoms with Gasteiger partial charge in [-0.05, 0) is 19.1 Å². The molecule has 0 aliphatic heterocycles. The molecule has 0 fully saturated rings. The van der Waals surface area contributed by atoms with Crippen molar-refractivity contribution >= 4 is 22.9 Å². The molecule has 0 bridgehead atoms. The first kappa shape index (κ1) is 11.9. The molecule has 6 nitrogen and oxygen atoms in total. The second-order valence-corrected chi connectivity index (χ2v) is 3.92. The van der Waals surface area contributed by atoms with Gasteiger partial charge in [0.2, 0.25) is 11.9 Å². The number of amides is 1. The Bertz CT molecular complexity index is 652. The van der Waals surface area contributed by atoms with Gasteiger partial charge in [0.15, 0.2) is 0 Å². The summed E-state index contributed by atoms with van der Waals surface area (Å²) >= 11 is 0. The van der Waals surface area contributed by atoms with Crippen LogP contribution >= 0.6 is 0 Å². The molecular weight excluding hydrogens is 230 g/mol. The first-order valence-electron chi connectivity index (χ1n) is 5.48. The molecule has 3 N–H and O–H groups in total. The van der Waals surface area contributed by atoms with Crippen LogP contribution in [0, 0.1) is 11.3 Å². The maximum absolute atomic E-state index is 11.7. The Labute approximate surface area is 104 Å². The minimum absolute atomic E-state index is 0.164. The van der Waals surface area contributed by atoms with Crippen LogP contribution in [-0.4, -0.2) is 22.5 Å². The highest BCUT2D eigenvalue weighted by molar-refractivity contribution is 5.88. The van der Waals surface area contributed by atoms with E-state index in [1.54, 1.807) is 36.7 Å². The van der Waals surface area contributed by atoms with Gasteiger partial charge < -0.3 is 11.1 Å². The lowest BCUT2D eigenvalue weighted by molar-refractivity contribution is -0.123. The zero-order valence-corrected chi connectivity index (χ0v) is 10.1. The van der Waals surface area contributed by atoms with E-state index in [1.807, 2.05) is 0 Å². The summed E-state index contributed by atoms with van der Waals surface area (Å²) in [5.74, 6) is 0.0622. The number of imidazole rings is 1. The molecule has 0 saturated heterocycles. The van der Waals surface area contributed by atoms with Gasteiger partial charge in [-0.15, -0.1) is 0 Å². The third kappa shape index (κ3) is 1.66. The maximum Gasteiger partial charge on any atom is 0.242 e. The molecule has 1 amide bonds. The molecule has 18 heavy (non-hydrogen) atoms. The Kier molecular flexibility index (Phi) is 2.90. The van der Waals surface area contributed by atoms with Crippen molar-refractivity contribution in [3.8, 4) is 6.07 Å². The van der Waals surface area contributed by atoms with Crippen LogP contribution in [0.15, 0.2) is 18.2 Å². The number of carbonyl (C=O) groups excluding carboxylic acids is 1. The molecule has 0 radical (unpaired) electrons.